The zero-order chi connectivity index (χ0) is 19.1. The summed E-state index contributed by atoms with van der Waals surface area (Å²) in [5, 5.41) is 19.5. The molecule has 26 heavy (non-hydrogen) atoms. The third-order valence-corrected chi connectivity index (χ3v) is 6.13. The first kappa shape index (κ1) is 18.3. The van der Waals surface area contributed by atoms with Crippen LogP contribution in [0.15, 0.2) is 53.4 Å². The summed E-state index contributed by atoms with van der Waals surface area (Å²) >= 11 is 0. The van der Waals surface area contributed by atoms with Crippen LogP contribution >= 0.6 is 0 Å². The van der Waals surface area contributed by atoms with E-state index >= 15 is 0 Å². The molecule has 9 heteroatoms. The van der Waals surface area contributed by atoms with Crippen molar-refractivity contribution in [3.63, 3.8) is 0 Å². The Morgan fingerprint density at radius 3 is 2.23 bits per heavy atom. The number of benzene rings is 2. The Kier molecular flexibility index (Phi) is 4.72. The minimum atomic E-state index is -3.90. The van der Waals surface area contributed by atoms with Gasteiger partial charge < -0.3 is 15.2 Å². The third-order valence-electron chi connectivity index (χ3n) is 4.25. The monoisotopic (exact) mass is 377 g/mol. The van der Waals surface area contributed by atoms with Crippen LogP contribution in [0.25, 0.3) is 0 Å². The highest BCUT2D eigenvalue weighted by molar-refractivity contribution is 7.89. The molecule has 1 saturated heterocycles. The van der Waals surface area contributed by atoms with Crippen molar-refractivity contribution in [3.8, 4) is 0 Å². The largest absolute Gasteiger partial charge is 0.733 e. The highest BCUT2D eigenvalue weighted by atomic mass is 32.2. The van der Waals surface area contributed by atoms with Gasteiger partial charge >= 0.3 is 5.97 Å². The number of rotatable bonds is 5. The number of sulfonamides is 1. The molecule has 0 radical (unpaired) electrons. The number of carbonyl (C=O) groups is 1. The lowest BCUT2D eigenvalue weighted by atomic mass is 10.1. The molecule has 0 aromatic heterocycles. The maximum Gasteiger partial charge on any atom is 0.326 e. The normalized spacial score (nSPS) is 21.9. The van der Waals surface area contributed by atoms with Crippen LogP contribution in [0.4, 0.5) is 5.69 Å². The Morgan fingerprint density at radius 1 is 1.15 bits per heavy atom. The molecule has 3 atom stereocenters. The highest BCUT2D eigenvalue weighted by Gasteiger charge is 2.61. The molecule has 1 fully saturated rings. The maximum absolute atomic E-state index is 12.9. The zero-order valence-electron chi connectivity index (χ0n) is 14.1. The quantitative estimate of drug-likeness (QED) is 0.482. The molecule has 1 aliphatic heterocycles. The molecule has 138 valence electrons. The third kappa shape index (κ3) is 3.17. The molecular formula is C17H17N2O6S-. The second-order valence-electron chi connectivity index (χ2n) is 5.93. The maximum atomic E-state index is 12.9. The van der Waals surface area contributed by atoms with Crippen LogP contribution in [0, 0.1) is 12.1 Å². The number of ether oxygens (including phenoxy) is 1. The average Bonchev–Trinajstić information content (AvgIpc) is 3.38. The Hall–Kier alpha value is -2.46. The molecule has 1 aliphatic rings. The molecule has 0 bridgehead atoms. The first-order chi connectivity index (χ1) is 12.3. The van der Waals surface area contributed by atoms with Crippen molar-refractivity contribution in [2.45, 2.75) is 23.9 Å². The fraction of sp³-hybridized carbons (Fsp3) is 0.235. The number of anilines is 1. The van der Waals surface area contributed by atoms with Crippen molar-refractivity contribution >= 4 is 21.7 Å². The number of aryl methyl sites for hydroxylation is 1. The van der Waals surface area contributed by atoms with Crippen LogP contribution in [-0.4, -0.2) is 37.1 Å². The van der Waals surface area contributed by atoms with Gasteiger partial charge in [-0.2, -0.15) is 4.31 Å². The van der Waals surface area contributed by atoms with Crippen molar-refractivity contribution in [3.05, 3.63) is 64.9 Å². The standard InChI is InChI=1S/C17H17N2O6S/c1-11-3-9-14(10-4-11)26(23,24)18-15(16(18)17(20)25-2)12-5-7-13(8-6-12)19(21)22/h3-10,15-16,21H,1-2H3/q-1/t15-,16-,18?/m1/s1. The van der Waals surface area contributed by atoms with Crippen LogP contribution in [0.1, 0.15) is 17.2 Å². The van der Waals surface area contributed by atoms with Gasteiger partial charge in [-0.1, -0.05) is 29.8 Å². The summed E-state index contributed by atoms with van der Waals surface area (Å²) in [7, 11) is -2.71. The molecule has 1 N–H and O–H groups in total. The van der Waals surface area contributed by atoms with E-state index in [0.29, 0.717) is 5.56 Å². The van der Waals surface area contributed by atoms with Gasteiger partial charge in [0.1, 0.15) is 6.04 Å². The Labute approximate surface area is 150 Å². The minimum Gasteiger partial charge on any atom is -0.733 e. The molecule has 0 saturated carbocycles. The second kappa shape index (κ2) is 6.69. The molecule has 2 aromatic rings. The van der Waals surface area contributed by atoms with E-state index in [-0.39, 0.29) is 15.8 Å². The molecule has 1 heterocycles. The van der Waals surface area contributed by atoms with Crippen LogP contribution in [0.2, 0.25) is 0 Å². The predicted octanol–water partition coefficient (Wildman–Crippen LogP) is 1.98. The summed E-state index contributed by atoms with van der Waals surface area (Å²) in [6.45, 7) is 1.84. The smallest absolute Gasteiger partial charge is 0.326 e. The van der Waals surface area contributed by atoms with Gasteiger partial charge in [0.25, 0.3) is 0 Å². The van der Waals surface area contributed by atoms with Crippen LogP contribution in [0.3, 0.4) is 0 Å². The summed E-state index contributed by atoms with van der Waals surface area (Å²) in [5.74, 6) is -0.664. The van der Waals surface area contributed by atoms with Crippen LogP contribution in [-0.2, 0) is 19.6 Å². The first-order valence-corrected chi connectivity index (χ1v) is 9.15. The average molecular weight is 377 g/mol. The summed E-state index contributed by atoms with van der Waals surface area (Å²) in [5.41, 5.74) is 1.43. The van der Waals surface area contributed by atoms with E-state index in [1.54, 1.807) is 12.1 Å². The van der Waals surface area contributed by atoms with Crippen molar-refractivity contribution in [2.24, 2.45) is 0 Å². The summed E-state index contributed by atoms with van der Waals surface area (Å²) < 4.78 is 31.6. The van der Waals surface area contributed by atoms with Crippen molar-refractivity contribution < 1.29 is 23.2 Å². The van der Waals surface area contributed by atoms with E-state index in [2.05, 4.69) is 0 Å². The van der Waals surface area contributed by atoms with Gasteiger partial charge in [-0.3, -0.25) is 10.0 Å². The minimum absolute atomic E-state index is 0.00282. The molecular weight excluding hydrogens is 360 g/mol. The Balaban J connectivity index is 1.96. The lowest BCUT2D eigenvalue weighted by Gasteiger charge is -2.21. The lowest BCUT2D eigenvalue weighted by Crippen LogP contribution is -2.20. The fourth-order valence-electron chi connectivity index (χ4n) is 2.82. The zero-order valence-corrected chi connectivity index (χ0v) is 14.9. The van der Waals surface area contributed by atoms with Crippen molar-refractivity contribution in [2.75, 3.05) is 12.3 Å². The predicted molar refractivity (Wildman–Crippen MR) is 92.8 cm³/mol. The number of methoxy groups -OCH3 is 1. The highest BCUT2D eigenvalue weighted by Crippen LogP contribution is 2.48. The van der Waals surface area contributed by atoms with E-state index < -0.39 is 28.1 Å². The Bertz CT molecular complexity index is 909. The van der Waals surface area contributed by atoms with Gasteiger partial charge in [-0.15, -0.1) is 0 Å². The molecule has 3 rings (SSSR count). The molecule has 8 nitrogen and oxygen atoms in total. The van der Waals surface area contributed by atoms with Crippen molar-refractivity contribution in [1.82, 2.24) is 4.31 Å². The van der Waals surface area contributed by atoms with Crippen LogP contribution < -0.4 is 5.23 Å². The molecule has 0 aliphatic carbocycles. The van der Waals surface area contributed by atoms with Crippen LogP contribution in [0.5, 0.6) is 0 Å². The summed E-state index contributed by atoms with van der Waals surface area (Å²) in [6, 6.07) is 10.3. The van der Waals surface area contributed by atoms with Gasteiger partial charge in [0.15, 0.2) is 0 Å². The number of nitrogens with zero attached hydrogens (tertiary/aromatic N) is 2. The van der Waals surface area contributed by atoms with E-state index in [1.807, 2.05) is 6.92 Å². The SMILES string of the molecule is COC(=O)[C@H]1[C@@H](c2ccc(N([O-])O)cc2)N1S(=O)(=O)c1ccc(C)cc1. The second-order valence-corrected chi connectivity index (χ2v) is 7.77. The number of hydrogen-bond acceptors (Lipinski definition) is 7. The van der Waals surface area contributed by atoms with Gasteiger partial charge in [-0.05, 0) is 36.8 Å². The fourth-order valence-corrected chi connectivity index (χ4v) is 4.53. The molecule has 0 spiro atoms. The lowest BCUT2D eigenvalue weighted by molar-refractivity contribution is -0.140. The first-order valence-electron chi connectivity index (χ1n) is 7.71. The molecule has 0 amide bonds. The van der Waals surface area contributed by atoms with E-state index in [9.17, 15) is 18.4 Å². The van der Waals surface area contributed by atoms with Crippen molar-refractivity contribution in [1.29, 1.82) is 0 Å². The van der Waals surface area contributed by atoms with Gasteiger partial charge in [0.2, 0.25) is 10.0 Å². The Morgan fingerprint density at radius 2 is 1.73 bits per heavy atom. The van der Waals surface area contributed by atoms with E-state index in [1.165, 1.54) is 43.5 Å². The summed E-state index contributed by atoms with van der Waals surface area (Å²) in [4.78, 5) is 12.1. The molecule has 2 aromatic carbocycles. The van der Waals surface area contributed by atoms with Gasteiger partial charge in [0.05, 0.1) is 23.7 Å². The van der Waals surface area contributed by atoms with Gasteiger partial charge in [0, 0.05) is 0 Å². The van der Waals surface area contributed by atoms with E-state index in [0.717, 1.165) is 9.87 Å². The topological polar surface area (TPSA) is 110 Å². The van der Waals surface area contributed by atoms with E-state index in [4.69, 9.17) is 9.94 Å². The number of esters is 1. The molecule has 1 unspecified atom stereocenters. The van der Waals surface area contributed by atoms with Gasteiger partial charge in [-0.25, -0.2) is 8.42 Å². The summed E-state index contributed by atoms with van der Waals surface area (Å²) in [6.07, 6.45) is 0. The number of carbonyl (C=O) groups excluding carboxylic acids is 1. The number of hydrogen-bond donors (Lipinski definition) is 1.